The lowest BCUT2D eigenvalue weighted by molar-refractivity contribution is -0.688. The summed E-state index contributed by atoms with van der Waals surface area (Å²) in [5.41, 5.74) is 5.27. The fraction of sp³-hybridized carbons (Fsp3) is 0.200. The second-order valence-electron chi connectivity index (χ2n) is 8.59. The molecule has 40 heavy (non-hydrogen) atoms. The van der Waals surface area contributed by atoms with Crippen LogP contribution in [0.1, 0.15) is 11.1 Å². The second-order valence-corrected chi connectivity index (χ2v) is 8.95. The van der Waals surface area contributed by atoms with Gasteiger partial charge in [-0.25, -0.2) is 9.13 Å². The van der Waals surface area contributed by atoms with Gasteiger partial charge in [-0.15, -0.1) is 0 Å². The van der Waals surface area contributed by atoms with Gasteiger partial charge in [0.25, 0.3) is 0 Å². The summed E-state index contributed by atoms with van der Waals surface area (Å²) in [5.74, 6) is 0. The summed E-state index contributed by atoms with van der Waals surface area (Å²) in [7, 11) is 0. The van der Waals surface area contributed by atoms with Crippen molar-refractivity contribution in [2.75, 3.05) is 36.0 Å². The predicted molar refractivity (Wildman–Crippen MR) is 168 cm³/mol. The molecule has 2 aromatic heterocycles. The summed E-state index contributed by atoms with van der Waals surface area (Å²) in [6.45, 7) is 5.99. The Hall–Kier alpha value is -4.14. The van der Waals surface area contributed by atoms with Crippen molar-refractivity contribution in [1.29, 1.82) is 0 Å². The van der Waals surface area contributed by atoms with Crippen molar-refractivity contribution in [3.8, 4) is 0 Å². The molecule has 1 fully saturated rings. The Labute approximate surface area is 246 Å². The average molecular weight is 575 g/mol. The van der Waals surface area contributed by atoms with Gasteiger partial charge in [0.15, 0.2) is 37.9 Å². The molecule has 0 spiro atoms. The number of hydrogen-bond donors (Lipinski definition) is 0. The van der Waals surface area contributed by atoms with Gasteiger partial charge in [0.2, 0.25) is 0 Å². The van der Waals surface area contributed by atoms with Crippen LogP contribution >= 0.6 is 24.4 Å². The van der Waals surface area contributed by atoms with Gasteiger partial charge in [-0.05, 0) is 0 Å². The molecule has 3 heterocycles. The summed E-state index contributed by atoms with van der Waals surface area (Å²) >= 11 is 7.40. The van der Waals surface area contributed by atoms with E-state index in [-0.39, 0.29) is 11.0 Å². The van der Waals surface area contributed by atoms with E-state index >= 15 is 0 Å². The number of nitrogens with zero attached hydrogens (tertiary/aromatic N) is 6. The third-order valence-corrected chi connectivity index (χ3v) is 6.17. The molecule has 5 rings (SSSR count). The van der Waals surface area contributed by atoms with Crippen molar-refractivity contribution in [3.05, 3.63) is 132 Å². The molecule has 208 valence electrons. The van der Waals surface area contributed by atoms with E-state index in [9.17, 15) is 0 Å². The highest BCUT2D eigenvalue weighted by molar-refractivity contribution is 7.78. The molecule has 0 aliphatic carbocycles. The monoisotopic (exact) mass is 574 g/mol. The molecule has 1 saturated heterocycles. The minimum Gasteiger partial charge on any atom is -0.753 e. The fourth-order valence-corrected chi connectivity index (χ4v) is 4.34. The van der Waals surface area contributed by atoms with Gasteiger partial charge < -0.3 is 31.6 Å². The molecule has 0 unspecified atom stereocenters. The maximum absolute atomic E-state index is 7.13. The molecule has 0 bridgehead atoms. The first-order valence-corrected chi connectivity index (χ1v) is 13.1. The number of aromatic nitrogens is 2. The molecule has 0 amide bonds. The average Bonchev–Trinajstić information content (AvgIpc) is 2.96. The van der Waals surface area contributed by atoms with Gasteiger partial charge in [-0.3, -0.25) is 0 Å². The van der Waals surface area contributed by atoms with E-state index in [4.69, 9.17) is 10.8 Å². The molecule has 1 aliphatic heterocycles. The number of thiocarbonyl (C=S) groups is 2. The van der Waals surface area contributed by atoms with Crippen LogP contribution in [0, 0.1) is 0 Å². The molecule has 0 radical (unpaired) electrons. The number of anilines is 2. The Bertz CT molecular complexity index is 1200. The molecular weight excluding hydrogens is 541 g/mol. The van der Waals surface area contributed by atoms with Crippen LogP contribution in [0.15, 0.2) is 110 Å². The highest BCUT2D eigenvalue weighted by Gasteiger charge is 2.19. The standard InChI is InChI=1S/C28H30N4.2CNS.2H2O/c1-3-7-25(8-4-1)23-29-15-11-27(12-16-29)31-19-21-32(22-20-31)28-13-17-30(18-14-28)24-26-9-5-2-6-10-26;2*2-1-3;;/h1-18H,19-24H2;;;2*1H2/q+2;2*-1;;. The van der Waals surface area contributed by atoms with Gasteiger partial charge in [0.05, 0.1) is 0 Å². The summed E-state index contributed by atoms with van der Waals surface area (Å²) in [5, 5.41) is 16.9. The molecule has 0 atom stereocenters. The second kappa shape index (κ2) is 19.0. The van der Waals surface area contributed by atoms with E-state index in [2.05, 4.69) is 153 Å². The number of benzene rings is 2. The number of hydrogen-bond acceptors (Lipinski definition) is 4. The fourth-order valence-electron chi connectivity index (χ4n) is 4.34. The van der Waals surface area contributed by atoms with E-state index in [1.165, 1.54) is 32.8 Å². The van der Waals surface area contributed by atoms with Crippen molar-refractivity contribution >= 4 is 46.1 Å². The van der Waals surface area contributed by atoms with Crippen LogP contribution in [-0.2, 0) is 13.1 Å². The van der Waals surface area contributed by atoms with E-state index in [1.54, 1.807) is 0 Å². The van der Waals surface area contributed by atoms with E-state index in [1.807, 2.05) is 0 Å². The Morgan fingerprint density at radius 3 is 1.10 bits per heavy atom. The van der Waals surface area contributed by atoms with Crippen LogP contribution in [0.5, 0.6) is 0 Å². The van der Waals surface area contributed by atoms with Gasteiger partial charge in [-0.1, -0.05) is 85.1 Å². The molecule has 2 aromatic carbocycles. The first-order valence-electron chi connectivity index (χ1n) is 12.2. The van der Waals surface area contributed by atoms with Crippen molar-refractivity contribution in [1.82, 2.24) is 0 Å². The van der Waals surface area contributed by atoms with Crippen LogP contribution in [0.25, 0.3) is 10.8 Å². The lowest BCUT2D eigenvalue weighted by Gasteiger charge is -2.36. The Morgan fingerprint density at radius 2 is 0.825 bits per heavy atom. The number of pyridine rings is 2. The van der Waals surface area contributed by atoms with Gasteiger partial charge in [-0.2, -0.15) is 10.3 Å². The summed E-state index contributed by atoms with van der Waals surface area (Å²) < 4.78 is 4.48. The summed E-state index contributed by atoms with van der Waals surface area (Å²) in [6.07, 6.45) is 8.77. The highest BCUT2D eigenvalue weighted by Crippen LogP contribution is 2.19. The van der Waals surface area contributed by atoms with E-state index < -0.39 is 0 Å². The molecule has 4 N–H and O–H groups in total. The van der Waals surface area contributed by atoms with Crippen LogP contribution in [0.4, 0.5) is 11.4 Å². The third-order valence-electron chi connectivity index (χ3n) is 6.17. The van der Waals surface area contributed by atoms with Crippen molar-refractivity contribution in [2.24, 2.45) is 0 Å². The smallest absolute Gasteiger partial charge is 0.173 e. The van der Waals surface area contributed by atoms with Crippen LogP contribution in [0.2, 0.25) is 0 Å². The number of isothiocyanates is 2. The predicted octanol–water partition coefficient (Wildman–Crippen LogP) is 3.35. The third kappa shape index (κ3) is 10.9. The normalized spacial score (nSPS) is 11.5. The van der Waals surface area contributed by atoms with Crippen molar-refractivity contribution in [3.63, 3.8) is 0 Å². The summed E-state index contributed by atoms with van der Waals surface area (Å²) in [6, 6.07) is 30.2. The lowest BCUT2D eigenvalue weighted by Crippen LogP contribution is -2.47. The van der Waals surface area contributed by atoms with Crippen LogP contribution in [-0.4, -0.2) is 47.5 Å². The quantitative estimate of drug-likeness (QED) is 0.199. The maximum Gasteiger partial charge on any atom is 0.173 e. The van der Waals surface area contributed by atoms with E-state index in [0.29, 0.717) is 0 Å². The minimum absolute atomic E-state index is 0. The lowest BCUT2D eigenvalue weighted by atomic mass is 10.2. The van der Waals surface area contributed by atoms with Crippen LogP contribution in [0.3, 0.4) is 0 Å². The van der Waals surface area contributed by atoms with Gasteiger partial charge in [0, 0.05) is 72.9 Å². The van der Waals surface area contributed by atoms with Gasteiger partial charge in [0.1, 0.15) is 0 Å². The zero-order valence-corrected chi connectivity index (χ0v) is 23.8. The van der Waals surface area contributed by atoms with Crippen LogP contribution < -0.4 is 18.9 Å². The first-order chi connectivity index (χ1) is 18.7. The molecule has 1 aliphatic rings. The van der Waals surface area contributed by atoms with Gasteiger partial charge >= 0.3 is 0 Å². The zero-order valence-electron chi connectivity index (χ0n) is 22.1. The molecule has 4 aromatic rings. The molecular formula is C30H34N6O2S2. The Morgan fingerprint density at radius 1 is 0.550 bits per heavy atom. The zero-order chi connectivity index (χ0) is 27.0. The largest absolute Gasteiger partial charge is 0.753 e. The highest BCUT2D eigenvalue weighted by atomic mass is 32.1. The maximum atomic E-state index is 7.13. The SMILES string of the molecule is O.O.[N-]=C=S.[N-]=C=S.c1ccc(C[n+]2ccc(N3CCN(c4cc[n+](Cc5ccccc5)cc4)CC3)cc2)cc1. The Kier molecular flexibility index (Phi) is 16.1. The van der Waals surface area contributed by atoms with Crippen molar-refractivity contribution < 1.29 is 20.1 Å². The first kappa shape index (κ1) is 33.9. The minimum atomic E-state index is 0. The number of rotatable bonds is 6. The molecule has 0 saturated carbocycles. The Balaban J connectivity index is 0.000000922. The number of piperazine rings is 1. The van der Waals surface area contributed by atoms with E-state index in [0.717, 1.165) is 39.3 Å². The van der Waals surface area contributed by atoms with Crippen molar-refractivity contribution in [2.45, 2.75) is 13.1 Å². The molecule has 10 heteroatoms. The molecule has 8 nitrogen and oxygen atoms in total. The topological polar surface area (TPSA) is 122 Å². The summed E-state index contributed by atoms with van der Waals surface area (Å²) in [4.78, 5) is 4.98.